The van der Waals surface area contributed by atoms with Gasteiger partial charge in [-0.05, 0) is 50.2 Å². The number of rotatable bonds is 4. The zero-order valence-corrected chi connectivity index (χ0v) is 14.6. The molecule has 2 aromatic heterocycles. The third-order valence-electron chi connectivity index (χ3n) is 4.04. The molecule has 0 unspecified atom stereocenters. The number of hydrogen-bond acceptors (Lipinski definition) is 3. The number of imidazole rings is 1. The monoisotopic (exact) mass is 347 g/mol. The highest BCUT2D eigenvalue weighted by Crippen LogP contribution is 2.26. The second kappa shape index (κ2) is 6.59. The number of benzene rings is 2. The smallest absolute Gasteiger partial charge is 0.155 e. The number of ether oxygens (including phenoxy) is 1. The zero-order valence-electron chi connectivity index (χ0n) is 14.6. The maximum Gasteiger partial charge on any atom is 0.155 e. The fraction of sp³-hybridized carbons (Fsp3) is 0.143. The molecule has 0 atom stereocenters. The average molecular weight is 347 g/mol. The molecule has 0 aliphatic heterocycles. The van der Waals surface area contributed by atoms with E-state index in [9.17, 15) is 4.39 Å². The molecule has 0 saturated carbocycles. The van der Waals surface area contributed by atoms with Crippen molar-refractivity contribution in [3.8, 4) is 28.3 Å². The van der Waals surface area contributed by atoms with E-state index in [1.807, 2.05) is 48.7 Å². The molecule has 0 saturated heterocycles. The fourth-order valence-corrected chi connectivity index (χ4v) is 2.87. The van der Waals surface area contributed by atoms with E-state index in [0.29, 0.717) is 0 Å². The molecule has 130 valence electrons. The minimum atomic E-state index is -0.258. The molecule has 2 heterocycles. The van der Waals surface area contributed by atoms with Crippen LogP contribution in [0.25, 0.3) is 28.2 Å². The summed E-state index contributed by atoms with van der Waals surface area (Å²) in [6.45, 7) is 3.99. The fourth-order valence-electron chi connectivity index (χ4n) is 2.87. The Morgan fingerprint density at radius 2 is 1.77 bits per heavy atom. The van der Waals surface area contributed by atoms with Gasteiger partial charge in [0, 0.05) is 17.3 Å². The summed E-state index contributed by atoms with van der Waals surface area (Å²) in [5, 5.41) is 0. The minimum absolute atomic E-state index is 0.111. The molecule has 0 bridgehead atoms. The SMILES string of the molecule is CC(C)Oc1cccc(-c2cn3c(-c4ccc(F)cc4)cnc3cn2)c1. The van der Waals surface area contributed by atoms with Crippen molar-refractivity contribution in [2.45, 2.75) is 20.0 Å². The summed E-state index contributed by atoms with van der Waals surface area (Å²) in [4.78, 5) is 8.91. The van der Waals surface area contributed by atoms with Gasteiger partial charge in [0.2, 0.25) is 0 Å². The number of nitrogens with zero attached hydrogens (tertiary/aromatic N) is 3. The van der Waals surface area contributed by atoms with Gasteiger partial charge in [-0.25, -0.2) is 9.37 Å². The van der Waals surface area contributed by atoms with Gasteiger partial charge in [0.25, 0.3) is 0 Å². The maximum atomic E-state index is 13.2. The van der Waals surface area contributed by atoms with E-state index in [0.717, 1.165) is 33.9 Å². The van der Waals surface area contributed by atoms with Crippen LogP contribution in [-0.2, 0) is 0 Å². The zero-order chi connectivity index (χ0) is 18.1. The van der Waals surface area contributed by atoms with Crippen LogP contribution < -0.4 is 4.74 Å². The van der Waals surface area contributed by atoms with Crippen molar-refractivity contribution in [2.24, 2.45) is 0 Å². The quantitative estimate of drug-likeness (QED) is 0.522. The summed E-state index contributed by atoms with van der Waals surface area (Å²) in [5.74, 6) is 0.552. The van der Waals surface area contributed by atoms with Crippen LogP contribution in [0.15, 0.2) is 67.1 Å². The molecule has 0 aliphatic carbocycles. The molecule has 4 nitrogen and oxygen atoms in total. The molecule has 0 aliphatic rings. The van der Waals surface area contributed by atoms with E-state index in [4.69, 9.17) is 4.74 Å². The number of hydrogen-bond donors (Lipinski definition) is 0. The standard InChI is InChI=1S/C21H18FN3O/c1-14(2)26-18-5-3-4-16(10-18)19-13-25-20(11-24-21(25)12-23-19)15-6-8-17(22)9-7-15/h3-14H,1-2H3. The lowest BCUT2D eigenvalue weighted by atomic mass is 10.1. The first-order valence-corrected chi connectivity index (χ1v) is 8.46. The van der Waals surface area contributed by atoms with Gasteiger partial charge in [0.05, 0.1) is 29.9 Å². The molecule has 5 heteroatoms. The van der Waals surface area contributed by atoms with Crippen molar-refractivity contribution < 1.29 is 9.13 Å². The van der Waals surface area contributed by atoms with E-state index in [1.165, 1.54) is 12.1 Å². The molecule has 0 N–H and O–H groups in total. The van der Waals surface area contributed by atoms with Gasteiger partial charge in [-0.2, -0.15) is 0 Å². The highest BCUT2D eigenvalue weighted by Gasteiger charge is 2.09. The van der Waals surface area contributed by atoms with E-state index in [-0.39, 0.29) is 11.9 Å². The Kier molecular flexibility index (Phi) is 4.13. The Balaban J connectivity index is 1.78. The number of aromatic nitrogens is 3. The molecule has 0 fully saturated rings. The molecular formula is C21H18FN3O. The molecule has 4 aromatic rings. The van der Waals surface area contributed by atoms with Gasteiger partial charge in [0.1, 0.15) is 11.6 Å². The van der Waals surface area contributed by atoms with Crippen molar-refractivity contribution in [1.29, 1.82) is 0 Å². The molecule has 0 radical (unpaired) electrons. The van der Waals surface area contributed by atoms with E-state index in [2.05, 4.69) is 9.97 Å². The topological polar surface area (TPSA) is 39.4 Å². The molecule has 26 heavy (non-hydrogen) atoms. The first-order valence-electron chi connectivity index (χ1n) is 8.46. The maximum absolute atomic E-state index is 13.2. The molecule has 0 spiro atoms. The van der Waals surface area contributed by atoms with Crippen LogP contribution in [0.4, 0.5) is 4.39 Å². The number of halogens is 1. The number of fused-ring (bicyclic) bond motifs is 1. The molecule has 2 aromatic carbocycles. The van der Waals surface area contributed by atoms with Crippen LogP contribution >= 0.6 is 0 Å². The summed E-state index contributed by atoms with van der Waals surface area (Å²) in [6.07, 6.45) is 5.56. The van der Waals surface area contributed by atoms with Gasteiger partial charge >= 0.3 is 0 Å². The van der Waals surface area contributed by atoms with Crippen molar-refractivity contribution in [3.63, 3.8) is 0 Å². The van der Waals surface area contributed by atoms with Crippen LogP contribution in [0, 0.1) is 5.82 Å². The first kappa shape index (κ1) is 16.3. The summed E-state index contributed by atoms with van der Waals surface area (Å²) < 4.78 is 20.9. The van der Waals surface area contributed by atoms with Gasteiger partial charge in [-0.1, -0.05) is 12.1 Å². The molecular weight excluding hydrogens is 329 g/mol. The van der Waals surface area contributed by atoms with Crippen LogP contribution in [0.3, 0.4) is 0 Å². The highest BCUT2D eigenvalue weighted by atomic mass is 19.1. The summed E-state index contributed by atoms with van der Waals surface area (Å²) in [7, 11) is 0. The van der Waals surface area contributed by atoms with Crippen molar-refractivity contribution >= 4 is 5.65 Å². The van der Waals surface area contributed by atoms with E-state index < -0.39 is 0 Å². The lowest BCUT2D eigenvalue weighted by Gasteiger charge is -2.11. The predicted octanol–water partition coefficient (Wildman–Crippen LogP) is 4.99. The van der Waals surface area contributed by atoms with Crippen LogP contribution in [0.2, 0.25) is 0 Å². The first-order chi connectivity index (χ1) is 12.6. The summed E-state index contributed by atoms with van der Waals surface area (Å²) in [5.41, 5.74) is 4.30. The second-order valence-electron chi connectivity index (χ2n) is 6.35. The largest absolute Gasteiger partial charge is 0.491 e. The molecule has 4 rings (SSSR count). The lowest BCUT2D eigenvalue weighted by Crippen LogP contribution is -2.05. The third-order valence-corrected chi connectivity index (χ3v) is 4.04. The summed E-state index contributed by atoms with van der Waals surface area (Å²) in [6, 6.07) is 14.2. The second-order valence-corrected chi connectivity index (χ2v) is 6.35. The minimum Gasteiger partial charge on any atom is -0.491 e. The highest BCUT2D eigenvalue weighted by molar-refractivity contribution is 5.67. The third kappa shape index (κ3) is 3.16. The van der Waals surface area contributed by atoms with Crippen molar-refractivity contribution in [1.82, 2.24) is 14.4 Å². The average Bonchev–Trinajstić information content (AvgIpc) is 3.05. The van der Waals surface area contributed by atoms with Gasteiger partial charge in [0.15, 0.2) is 5.65 Å². The Morgan fingerprint density at radius 1 is 0.962 bits per heavy atom. The predicted molar refractivity (Wildman–Crippen MR) is 99.6 cm³/mol. The molecule has 0 amide bonds. The van der Waals surface area contributed by atoms with Crippen molar-refractivity contribution in [3.05, 3.63) is 72.9 Å². The van der Waals surface area contributed by atoms with Crippen LogP contribution in [0.5, 0.6) is 5.75 Å². The Bertz CT molecular complexity index is 1050. The normalized spacial score (nSPS) is 11.2. The van der Waals surface area contributed by atoms with Gasteiger partial charge in [-0.15, -0.1) is 0 Å². The Morgan fingerprint density at radius 3 is 2.54 bits per heavy atom. The lowest BCUT2D eigenvalue weighted by molar-refractivity contribution is 0.242. The van der Waals surface area contributed by atoms with Gasteiger partial charge in [-0.3, -0.25) is 9.38 Å². The van der Waals surface area contributed by atoms with Crippen LogP contribution in [0.1, 0.15) is 13.8 Å². The van der Waals surface area contributed by atoms with E-state index in [1.54, 1.807) is 24.5 Å². The Hall–Kier alpha value is -3.21. The van der Waals surface area contributed by atoms with Crippen LogP contribution in [-0.4, -0.2) is 20.5 Å². The van der Waals surface area contributed by atoms with Crippen molar-refractivity contribution in [2.75, 3.05) is 0 Å². The summed E-state index contributed by atoms with van der Waals surface area (Å²) >= 11 is 0. The van der Waals surface area contributed by atoms with E-state index >= 15 is 0 Å². The Labute approximate surface area is 150 Å². The van der Waals surface area contributed by atoms with Gasteiger partial charge < -0.3 is 4.74 Å².